The third-order valence-electron chi connectivity index (χ3n) is 2.90. The maximum atomic E-state index is 5.38. The van der Waals surface area contributed by atoms with Gasteiger partial charge in [0.1, 0.15) is 0 Å². The molecule has 2 aliphatic heterocycles. The van der Waals surface area contributed by atoms with Crippen LogP contribution in [0.25, 0.3) is 0 Å². The summed E-state index contributed by atoms with van der Waals surface area (Å²) < 4.78 is 5.38. The van der Waals surface area contributed by atoms with Crippen molar-refractivity contribution >= 4 is 0 Å². The van der Waals surface area contributed by atoms with Crippen molar-refractivity contribution in [3.63, 3.8) is 0 Å². The third-order valence-corrected chi connectivity index (χ3v) is 2.90. The van der Waals surface area contributed by atoms with Crippen molar-refractivity contribution in [2.45, 2.75) is 19.9 Å². The summed E-state index contributed by atoms with van der Waals surface area (Å²) in [4.78, 5) is 0. The van der Waals surface area contributed by atoms with Crippen molar-refractivity contribution in [1.82, 2.24) is 5.32 Å². The highest BCUT2D eigenvalue weighted by Gasteiger charge is 2.44. The van der Waals surface area contributed by atoms with Crippen LogP contribution in [0.2, 0.25) is 0 Å². The van der Waals surface area contributed by atoms with Gasteiger partial charge in [0.05, 0.1) is 13.2 Å². The van der Waals surface area contributed by atoms with Crippen LogP contribution in [-0.4, -0.2) is 25.8 Å². The van der Waals surface area contributed by atoms with Crippen LogP contribution in [0.3, 0.4) is 0 Å². The minimum absolute atomic E-state index is 0.459. The monoisotopic (exact) mass is 141 g/mol. The van der Waals surface area contributed by atoms with Crippen molar-refractivity contribution in [3.05, 3.63) is 0 Å². The van der Waals surface area contributed by atoms with Gasteiger partial charge in [0.25, 0.3) is 0 Å². The Morgan fingerprint density at radius 1 is 1.40 bits per heavy atom. The van der Waals surface area contributed by atoms with Gasteiger partial charge in [0, 0.05) is 18.5 Å². The summed E-state index contributed by atoms with van der Waals surface area (Å²) >= 11 is 0. The van der Waals surface area contributed by atoms with Gasteiger partial charge in [-0.3, -0.25) is 0 Å². The van der Waals surface area contributed by atoms with Crippen LogP contribution in [0.15, 0.2) is 0 Å². The van der Waals surface area contributed by atoms with Crippen LogP contribution in [0, 0.1) is 11.3 Å². The lowest BCUT2D eigenvalue weighted by molar-refractivity contribution is 0.147. The van der Waals surface area contributed by atoms with Gasteiger partial charge in [-0.15, -0.1) is 0 Å². The zero-order valence-electron chi connectivity index (χ0n) is 6.68. The smallest absolute Gasteiger partial charge is 0.0623 e. The first-order valence-corrected chi connectivity index (χ1v) is 4.01. The lowest BCUT2D eigenvalue weighted by Crippen LogP contribution is -2.26. The van der Waals surface area contributed by atoms with Crippen molar-refractivity contribution < 1.29 is 4.74 Å². The molecule has 0 aliphatic carbocycles. The van der Waals surface area contributed by atoms with Crippen LogP contribution in [0.5, 0.6) is 0 Å². The Bertz CT molecular complexity index is 144. The van der Waals surface area contributed by atoms with E-state index in [0.29, 0.717) is 11.5 Å². The SMILES string of the molecule is CC1(C)CN[C@H]2COC[C@H]21. The molecule has 2 nitrogen and oxygen atoms in total. The van der Waals surface area contributed by atoms with E-state index in [9.17, 15) is 0 Å². The van der Waals surface area contributed by atoms with Gasteiger partial charge < -0.3 is 10.1 Å². The van der Waals surface area contributed by atoms with E-state index in [2.05, 4.69) is 19.2 Å². The minimum Gasteiger partial charge on any atom is -0.379 e. The van der Waals surface area contributed by atoms with Gasteiger partial charge in [-0.25, -0.2) is 0 Å². The Kier molecular flexibility index (Phi) is 1.29. The molecular formula is C8H15NO. The molecule has 0 unspecified atom stereocenters. The molecule has 2 saturated heterocycles. The lowest BCUT2D eigenvalue weighted by Gasteiger charge is -2.22. The van der Waals surface area contributed by atoms with Crippen LogP contribution in [0.1, 0.15) is 13.8 Å². The number of rotatable bonds is 0. The number of hydrogen-bond donors (Lipinski definition) is 1. The Balaban J connectivity index is 2.16. The Hall–Kier alpha value is -0.0800. The number of fused-ring (bicyclic) bond motifs is 1. The molecule has 2 aliphatic rings. The molecule has 0 aromatic carbocycles. The summed E-state index contributed by atoms with van der Waals surface area (Å²) in [6.45, 7) is 7.68. The maximum absolute atomic E-state index is 5.38. The Morgan fingerprint density at radius 3 is 2.90 bits per heavy atom. The summed E-state index contributed by atoms with van der Waals surface area (Å²) in [5, 5.41) is 3.48. The van der Waals surface area contributed by atoms with Crippen LogP contribution < -0.4 is 5.32 Å². The molecule has 2 fully saturated rings. The number of nitrogens with one attached hydrogen (secondary N) is 1. The van der Waals surface area contributed by atoms with E-state index in [-0.39, 0.29) is 0 Å². The van der Waals surface area contributed by atoms with Gasteiger partial charge >= 0.3 is 0 Å². The van der Waals surface area contributed by atoms with E-state index in [1.165, 1.54) is 0 Å². The summed E-state index contributed by atoms with van der Waals surface area (Å²) in [6, 6.07) is 0.648. The molecule has 1 N–H and O–H groups in total. The second-order valence-electron chi connectivity index (χ2n) is 4.12. The zero-order valence-corrected chi connectivity index (χ0v) is 6.68. The van der Waals surface area contributed by atoms with Gasteiger partial charge in [-0.05, 0) is 5.41 Å². The summed E-state index contributed by atoms with van der Waals surface area (Å²) in [5.74, 6) is 0.757. The summed E-state index contributed by atoms with van der Waals surface area (Å²) in [7, 11) is 0. The molecule has 0 aromatic rings. The fourth-order valence-corrected chi connectivity index (χ4v) is 2.05. The predicted molar refractivity (Wildman–Crippen MR) is 39.9 cm³/mol. The molecule has 0 aromatic heterocycles. The molecule has 0 amide bonds. The molecule has 58 valence electrons. The fraction of sp³-hybridized carbons (Fsp3) is 1.00. The standard InChI is InChI=1S/C8H15NO/c1-8(2)5-9-7-4-10-3-6(7)8/h6-7,9H,3-5H2,1-2H3/t6-,7+/m1/s1. The van der Waals surface area contributed by atoms with Gasteiger partial charge in [0.2, 0.25) is 0 Å². The topological polar surface area (TPSA) is 21.3 Å². The molecule has 0 radical (unpaired) electrons. The predicted octanol–water partition coefficient (Wildman–Crippen LogP) is 0.631. The Labute approximate surface area is 61.9 Å². The van der Waals surface area contributed by atoms with E-state index in [4.69, 9.17) is 4.74 Å². The maximum Gasteiger partial charge on any atom is 0.0623 e. The zero-order chi connectivity index (χ0) is 7.19. The molecular weight excluding hydrogens is 126 g/mol. The molecule has 2 rings (SSSR count). The van der Waals surface area contributed by atoms with Crippen molar-refractivity contribution in [3.8, 4) is 0 Å². The molecule has 2 heteroatoms. The molecule has 0 spiro atoms. The highest BCUT2D eigenvalue weighted by Crippen LogP contribution is 2.37. The van der Waals surface area contributed by atoms with E-state index in [1.54, 1.807) is 0 Å². The van der Waals surface area contributed by atoms with E-state index in [0.717, 1.165) is 25.7 Å². The number of hydrogen-bond acceptors (Lipinski definition) is 2. The molecule has 2 heterocycles. The van der Waals surface area contributed by atoms with Crippen LogP contribution >= 0.6 is 0 Å². The molecule has 10 heavy (non-hydrogen) atoms. The van der Waals surface area contributed by atoms with Crippen LogP contribution in [-0.2, 0) is 4.74 Å². The summed E-state index contributed by atoms with van der Waals surface area (Å²) in [6.07, 6.45) is 0. The quantitative estimate of drug-likeness (QED) is 0.534. The van der Waals surface area contributed by atoms with Crippen molar-refractivity contribution in [2.24, 2.45) is 11.3 Å². The van der Waals surface area contributed by atoms with E-state index < -0.39 is 0 Å². The first-order valence-electron chi connectivity index (χ1n) is 4.01. The van der Waals surface area contributed by atoms with Gasteiger partial charge in [-0.2, -0.15) is 0 Å². The first kappa shape index (κ1) is 6.62. The van der Waals surface area contributed by atoms with E-state index in [1.807, 2.05) is 0 Å². The van der Waals surface area contributed by atoms with Crippen LogP contribution in [0.4, 0.5) is 0 Å². The van der Waals surface area contributed by atoms with Crippen molar-refractivity contribution in [1.29, 1.82) is 0 Å². The van der Waals surface area contributed by atoms with Gasteiger partial charge in [0.15, 0.2) is 0 Å². The highest BCUT2D eigenvalue weighted by atomic mass is 16.5. The molecule has 2 atom stereocenters. The average Bonchev–Trinajstić information content (AvgIpc) is 2.36. The van der Waals surface area contributed by atoms with Gasteiger partial charge in [-0.1, -0.05) is 13.8 Å². The Morgan fingerprint density at radius 2 is 2.20 bits per heavy atom. The molecule has 0 saturated carbocycles. The lowest BCUT2D eigenvalue weighted by atomic mass is 9.80. The van der Waals surface area contributed by atoms with Crippen molar-refractivity contribution in [2.75, 3.05) is 19.8 Å². The molecule has 0 bridgehead atoms. The summed E-state index contributed by atoms with van der Waals surface area (Å²) in [5.41, 5.74) is 0.459. The van der Waals surface area contributed by atoms with E-state index >= 15 is 0 Å². The average molecular weight is 141 g/mol. The minimum atomic E-state index is 0.459. The second kappa shape index (κ2) is 1.95. The third kappa shape index (κ3) is 0.789. The highest BCUT2D eigenvalue weighted by molar-refractivity contribution is 4.98. The normalized spacial score (nSPS) is 43.8. The largest absolute Gasteiger partial charge is 0.379 e. The fourth-order valence-electron chi connectivity index (χ4n) is 2.05. The first-order chi connectivity index (χ1) is 4.70. The number of ether oxygens (including phenoxy) is 1. The second-order valence-corrected chi connectivity index (χ2v) is 4.12.